The molecule has 0 bridgehead atoms. The van der Waals surface area contributed by atoms with Crippen LogP contribution in [0.3, 0.4) is 0 Å². The summed E-state index contributed by atoms with van der Waals surface area (Å²) < 4.78 is 1.15. The molecule has 2 heteroatoms. The standard InChI is InChI=1S/C19H22BrN/c1-14(2)16-5-3-15(4-6-16)11-19(12-21-13-19)17-7-9-18(20)10-8-17/h3-10,14,21H,11-13H2,1-2H3. The van der Waals surface area contributed by atoms with Gasteiger partial charge in [-0.1, -0.05) is 66.2 Å². The molecule has 3 rings (SSSR count). The van der Waals surface area contributed by atoms with Crippen LogP contribution in [-0.2, 0) is 11.8 Å². The van der Waals surface area contributed by atoms with Crippen LogP contribution in [0.2, 0.25) is 0 Å². The molecule has 1 heterocycles. The Balaban J connectivity index is 1.82. The van der Waals surface area contributed by atoms with Gasteiger partial charge in [-0.25, -0.2) is 0 Å². The monoisotopic (exact) mass is 343 g/mol. The molecule has 0 saturated carbocycles. The topological polar surface area (TPSA) is 12.0 Å². The molecule has 0 radical (unpaired) electrons. The molecule has 1 nitrogen and oxygen atoms in total. The Bertz CT molecular complexity index is 594. The Morgan fingerprint density at radius 3 is 2.10 bits per heavy atom. The molecule has 0 aromatic heterocycles. The zero-order valence-electron chi connectivity index (χ0n) is 12.7. The van der Waals surface area contributed by atoms with E-state index in [-0.39, 0.29) is 5.41 Å². The van der Waals surface area contributed by atoms with E-state index in [1.807, 2.05) is 0 Å². The molecule has 0 aliphatic carbocycles. The zero-order valence-corrected chi connectivity index (χ0v) is 14.3. The van der Waals surface area contributed by atoms with Crippen LogP contribution in [0, 0.1) is 0 Å². The van der Waals surface area contributed by atoms with Crippen LogP contribution in [0.4, 0.5) is 0 Å². The van der Waals surface area contributed by atoms with Crippen LogP contribution in [0.25, 0.3) is 0 Å². The fraction of sp³-hybridized carbons (Fsp3) is 0.368. The molecule has 1 saturated heterocycles. The van der Waals surface area contributed by atoms with Gasteiger partial charge in [0.2, 0.25) is 0 Å². The van der Waals surface area contributed by atoms with Crippen molar-refractivity contribution < 1.29 is 0 Å². The average Bonchev–Trinajstić information content (AvgIpc) is 2.44. The Kier molecular flexibility index (Phi) is 4.19. The summed E-state index contributed by atoms with van der Waals surface area (Å²) in [5.74, 6) is 0.602. The first-order valence-corrected chi connectivity index (χ1v) is 8.44. The smallest absolute Gasteiger partial charge is 0.0242 e. The van der Waals surface area contributed by atoms with Crippen molar-refractivity contribution >= 4 is 15.9 Å². The molecule has 1 fully saturated rings. The first-order chi connectivity index (χ1) is 10.1. The van der Waals surface area contributed by atoms with Crippen LogP contribution >= 0.6 is 15.9 Å². The van der Waals surface area contributed by atoms with Gasteiger partial charge in [0.1, 0.15) is 0 Å². The maximum atomic E-state index is 3.52. The summed E-state index contributed by atoms with van der Waals surface area (Å²) in [4.78, 5) is 0. The van der Waals surface area contributed by atoms with E-state index in [2.05, 4.69) is 83.6 Å². The molecule has 0 atom stereocenters. The summed E-state index contributed by atoms with van der Waals surface area (Å²) in [7, 11) is 0. The quantitative estimate of drug-likeness (QED) is 0.851. The average molecular weight is 344 g/mol. The molecule has 1 aliphatic heterocycles. The van der Waals surface area contributed by atoms with Crippen LogP contribution in [0.1, 0.15) is 36.5 Å². The minimum atomic E-state index is 0.264. The van der Waals surface area contributed by atoms with Crippen LogP contribution in [0.5, 0.6) is 0 Å². The predicted octanol–water partition coefficient (Wildman–Crippen LogP) is 4.66. The fourth-order valence-corrected chi connectivity index (χ4v) is 3.34. The maximum absolute atomic E-state index is 3.52. The van der Waals surface area contributed by atoms with E-state index in [0.29, 0.717) is 5.92 Å². The SMILES string of the molecule is CC(C)c1ccc(CC2(c3ccc(Br)cc3)CNC2)cc1. The molecule has 1 aliphatic rings. The van der Waals surface area contributed by atoms with Crippen LogP contribution in [0.15, 0.2) is 53.0 Å². The molecule has 0 unspecified atom stereocenters. The molecular weight excluding hydrogens is 322 g/mol. The van der Waals surface area contributed by atoms with Gasteiger partial charge in [0.25, 0.3) is 0 Å². The van der Waals surface area contributed by atoms with Crippen molar-refractivity contribution in [2.75, 3.05) is 13.1 Å². The minimum Gasteiger partial charge on any atom is -0.315 e. The Morgan fingerprint density at radius 1 is 1.00 bits per heavy atom. The van der Waals surface area contributed by atoms with E-state index in [0.717, 1.165) is 24.0 Å². The summed E-state index contributed by atoms with van der Waals surface area (Å²) in [6, 6.07) is 18.0. The first kappa shape index (κ1) is 14.8. The predicted molar refractivity (Wildman–Crippen MR) is 92.9 cm³/mol. The van der Waals surface area contributed by atoms with Gasteiger partial charge in [-0.05, 0) is 41.2 Å². The minimum absolute atomic E-state index is 0.264. The van der Waals surface area contributed by atoms with Crippen molar-refractivity contribution in [2.24, 2.45) is 0 Å². The molecule has 2 aromatic rings. The van der Waals surface area contributed by atoms with Crippen LogP contribution < -0.4 is 5.32 Å². The molecule has 0 spiro atoms. The summed E-state index contributed by atoms with van der Waals surface area (Å²) >= 11 is 3.52. The second-order valence-electron chi connectivity index (χ2n) is 6.46. The van der Waals surface area contributed by atoms with Gasteiger partial charge in [-0.15, -0.1) is 0 Å². The molecule has 2 aromatic carbocycles. The summed E-state index contributed by atoms with van der Waals surface area (Å²) in [6.45, 7) is 6.63. The lowest BCUT2D eigenvalue weighted by atomic mass is 9.71. The second-order valence-corrected chi connectivity index (χ2v) is 7.38. The molecule has 110 valence electrons. The Labute approximate surface area is 135 Å². The van der Waals surface area contributed by atoms with Crippen molar-refractivity contribution in [1.82, 2.24) is 5.32 Å². The van der Waals surface area contributed by atoms with E-state index in [1.165, 1.54) is 16.7 Å². The molecular formula is C19H22BrN. The number of hydrogen-bond donors (Lipinski definition) is 1. The fourth-order valence-electron chi connectivity index (χ4n) is 3.07. The second kappa shape index (κ2) is 5.94. The number of nitrogens with one attached hydrogen (secondary N) is 1. The van der Waals surface area contributed by atoms with Gasteiger partial charge in [-0.2, -0.15) is 0 Å². The number of halogens is 1. The van der Waals surface area contributed by atoms with Gasteiger partial charge in [0.05, 0.1) is 0 Å². The van der Waals surface area contributed by atoms with Crippen molar-refractivity contribution in [3.63, 3.8) is 0 Å². The lowest BCUT2D eigenvalue weighted by molar-refractivity contribution is 0.274. The Hall–Kier alpha value is -1.12. The third-order valence-corrected chi connectivity index (χ3v) is 5.10. The molecule has 21 heavy (non-hydrogen) atoms. The number of rotatable bonds is 4. The van der Waals surface area contributed by atoms with E-state index in [9.17, 15) is 0 Å². The van der Waals surface area contributed by atoms with E-state index in [4.69, 9.17) is 0 Å². The highest BCUT2D eigenvalue weighted by Crippen LogP contribution is 2.33. The third-order valence-electron chi connectivity index (χ3n) is 4.57. The lowest BCUT2D eigenvalue weighted by Gasteiger charge is -2.43. The highest BCUT2D eigenvalue weighted by Gasteiger charge is 2.38. The van der Waals surface area contributed by atoms with Crippen molar-refractivity contribution in [1.29, 1.82) is 0 Å². The molecule has 0 amide bonds. The van der Waals surface area contributed by atoms with Crippen molar-refractivity contribution in [3.05, 3.63) is 69.7 Å². The van der Waals surface area contributed by atoms with Crippen molar-refractivity contribution in [3.8, 4) is 0 Å². The normalized spacial score (nSPS) is 16.8. The summed E-state index contributed by atoms with van der Waals surface area (Å²) in [6.07, 6.45) is 1.11. The first-order valence-electron chi connectivity index (χ1n) is 7.65. The summed E-state index contributed by atoms with van der Waals surface area (Å²) in [5, 5.41) is 3.45. The highest BCUT2D eigenvalue weighted by atomic mass is 79.9. The zero-order chi connectivity index (χ0) is 14.9. The van der Waals surface area contributed by atoms with Gasteiger partial charge in [-0.3, -0.25) is 0 Å². The van der Waals surface area contributed by atoms with Crippen molar-refractivity contribution in [2.45, 2.75) is 31.6 Å². The van der Waals surface area contributed by atoms with E-state index >= 15 is 0 Å². The maximum Gasteiger partial charge on any atom is 0.0242 e. The van der Waals surface area contributed by atoms with E-state index < -0.39 is 0 Å². The Morgan fingerprint density at radius 2 is 1.62 bits per heavy atom. The third kappa shape index (κ3) is 3.07. The van der Waals surface area contributed by atoms with Gasteiger partial charge in [0.15, 0.2) is 0 Å². The summed E-state index contributed by atoms with van der Waals surface area (Å²) in [5.41, 5.74) is 4.56. The molecule has 1 N–H and O–H groups in total. The highest BCUT2D eigenvalue weighted by molar-refractivity contribution is 9.10. The number of benzene rings is 2. The van der Waals surface area contributed by atoms with E-state index in [1.54, 1.807) is 0 Å². The van der Waals surface area contributed by atoms with Crippen LogP contribution in [-0.4, -0.2) is 13.1 Å². The van der Waals surface area contributed by atoms with Gasteiger partial charge < -0.3 is 5.32 Å². The van der Waals surface area contributed by atoms with Gasteiger partial charge in [0, 0.05) is 23.0 Å². The number of hydrogen-bond acceptors (Lipinski definition) is 1. The van der Waals surface area contributed by atoms with Gasteiger partial charge >= 0.3 is 0 Å². The lowest BCUT2D eigenvalue weighted by Crippen LogP contribution is -2.58. The largest absolute Gasteiger partial charge is 0.315 e.